The fourth-order valence-electron chi connectivity index (χ4n) is 4.41. The first kappa shape index (κ1) is 29.5. The summed E-state index contributed by atoms with van der Waals surface area (Å²) in [4.78, 5) is 28.8. The number of nitrogens with zero attached hydrogens (tertiary/aromatic N) is 2. The van der Waals surface area contributed by atoms with Crippen molar-refractivity contribution in [2.24, 2.45) is 11.8 Å². The van der Waals surface area contributed by atoms with Gasteiger partial charge < -0.3 is 19.7 Å². The van der Waals surface area contributed by atoms with Crippen LogP contribution in [0.1, 0.15) is 73.8 Å². The number of carboxylic acids is 1. The third kappa shape index (κ3) is 7.74. The Balaban J connectivity index is 1.87. The van der Waals surface area contributed by atoms with Crippen molar-refractivity contribution in [3.05, 3.63) is 52.1 Å². The number of aromatic nitrogens is 2. The maximum absolute atomic E-state index is 13.4. The second-order valence-electron chi connectivity index (χ2n) is 9.82. The van der Waals surface area contributed by atoms with E-state index >= 15 is 0 Å². The van der Waals surface area contributed by atoms with Crippen LogP contribution in [0.25, 0.3) is 0 Å². The van der Waals surface area contributed by atoms with Crippen LogP contribution in [0.2, 0.25) is 5.28 Å². The number of carbonyl (C=O) groups is 2. The van der Waals surface area contributed by atoms with Crippen LogP contribution in [0.3, 0.4) is 0 Å². The number of alkyl halides is 3. The van der Waals surface area contributed by atoms with Gasteiger partial charge >= 0.3 is 12.1 Å². The molecule has 1 fully saturated rings. The number of imidazole rings is 1. The molecule has 0 spiro atoms. The molecule has 1 heterocycles. The normalized spacial score (nSPS) is 18.0. The summed E-state index contributed by atoms with van der Waals surface area (Å²) in [6.07, 6.45) is -2.00. The molecule has 0 atom stereocenters. The van der Waals surface area contributed by atoms with E-state index in [9.17, 15) is 27.9 Å². The number of benzene rings is 1. The van der Waals surface area contributed by atoms with E-state index in [0.29, 0.717) is 44.4 Å². The zero-order chi connectivity index (χ0) is 28.1. The van der Waals surface area contributed by atoms with Gasteiger partial charge in [-0.3, -0.25) is 9.59 Å². The second-order valence-corrected chi connectivity index (χ2v) is 10.2. The van der Waals surface area contributed by atoms with Crippen LogP contribution < -0.4 is 5.32 Å². The molecule has 1 aliphatic carbocycles. The first-order chi connectivity index (χ1) is 17.8. The summed E-state index contributed by atoms with van der Waals surface area (Å²) in [5, 5.41) is 12.1. The standard InChI is InChI=1S/C27H31ClF3N3O4/c1-4-38-26(2,3)14-13-21-22(23(35)32-15-17-5-9-19(10-6-17)24(36)37)34(25(28)33-21)16-18-7-11-20(12-8-18)27(29,30)31/h7-8,11-12,17,19H,4-6,9-10,15-16H2,1-3H3,(H,32,35)(H,36,37). The molecule has 0 bridgehead atoms. The molecule has 0 unspecified atom stereocenters. The number of amides is 1. The Kier molecular flexibility index (Phi) is 9.49. The molecule has 38 heavy (non-hydrogen) atoms. The summed E-state index contributed by atoms with van der Waals surface area (Å²) in [7, 11) is 0. The van der Waals surface area contributed by atoms with Gasteiger partial charge in [0.25, 0.3) is 5.91 Å². The fourth-order valence-corrected chi connectivity index (χ4v) is 4.64. The molecule has 0 aliphatic heterocycles. The smallest absolute Gasteiger partial charge is 0.416 e. The van der Waals surface area contributed by atoms with Crippen LogP contribution in [-0.2, 0) is 22.3 Å². The molecule has 3 rings (SSSR count). The van der Waals surface area contributed by atoms with Crippen molar-refractivity contribution in [3.63, 3.8) is 0 Å². The monoisotopic (exact) mass is 553 g/mol. The molecule has 0 radical (unpaired) electrons. The molecule has 0 saturated heterocycles. The van der Waals surface area contributed by atoms with E-state index < -0.39 is 29.2 Å². The average molecular weight is 554 g/mol. The molecular formula is C27H31ClF3N3O4. The number of hydrogen-bond acceptors (Lipinski definition) is 4. The molecular weight excluding hydrogens is 523 g/mol. The van der Waals surface area contributed by atoms with Gasteiger partial charge in [0.05, 0.1) is 18.0 Å². The third-order valence-electron chi connectivity index (χ3n) is 6.49. The molecule has 1 aromatic carbocycles. The molecule has 206 valence electrons. The molecule has 1 aliphatic rings. The molecule has 1 aromatic heterocycles. The fraction of sp³-hybridized carbons (Fsp3) is 0.519. The van der Waals surface area contributed by atoms with Crippen LogP contribution in [0, 0.1) is 23.7 Å². The van der Waals surface area contributed by atoms with Crippen LogP contribution in [0.4, 0.5) is 13.2 Å². The lowest BCUT2D eigenvalue weighted by molar-refractivity contribution is -0.143. The maximum Gasteiger partial charge on any atom is 0.416 e. The Hall–Kier alpha value is -3.03. The van der Waals surface area contributed by atoms with E-state index in [1.807, 2.05) is 6.92 Å². The van der Waals surface area contributed by atoms with Crippen molar-refractivity contribution >= 4 is 23.5 Å². The van der Waals surface area contributed by atoms with Gasteiger partial charge in [-0.1, -0.05) is 18.1 Å². The van der Waals surface area contributed by atoms with Crippen molar-refractivity contribution in [3.8, 4) is 11.8 Å². The predicted octanol–water partition coefficient (Wildman–Crippen LogP) is 5.39. The zero-order valence-electron chi connectivity index (χ0n) is 21.5. The van der Waals surface area contributed by atoms with Gasteiger partial charge in [0.2, 0.25) is 5.28 Å². The van der Waals surface area contributed by atoms with Gasteiger partial charge in [-0.2, -0.15) is 13.2 Å². The summed E-state index contributed by atoms with van der Waals surface area (Å²) < 4.78 is 45.9. The highest BCUT2D eigenvalue weighted by Gasteiger charge is 2.30. The van der Waals surface area contributed by atoms with Crippen LogP contribution in [0.15, 0.2) is 24.3 Å². The minimum atomic E-state index is -4.46. The number of rotatable bonds is 8. The quantitative estimate of drug-likeness (QED) is 0.428. The summed E-state index contributed by atoms with van der Waals surface area (Å²) in [6, 6.07) is 4.59. The Morgan fingerprint density at radius 1 is 1.18 bits per heavy atom. The molecule has 2 aromatic rings. The lowest BCUT2D eigenvalue weighted by Crippen LogP contribution is -2.34. The van der Waals surface area contributed by atoms with E-state index in [1.54, 1.807) is 13.8 Å². The summed E-state index contributed by atoms with van der Waals surface area (Å²) >= 11 is 6.39. The molecule has 2 N–H and O–H groups in total. The van der Waals surface area contributed by atoms with Gasteiger partial charge in [-0.15, -0.1) is 0 Å². The minimum absolute atomic E-state index is 0.00692. The third-order valence-corrected chi connectivity index (χ3v) is 6.78. The number of carboxylic acid groups (broad SMARTS) is 1. The predicted molar refractivity (Wildman–Crippen MR) is 136 cm³/mol. The molecule has 7 nitrogen and oxygen atoms in total. The number of nitrogens with one attached hydrogen (secondary N) is 1. The Labute approximate surface area is 224 Å². The average Bonchev–Trinajstić information content (AvgIpc) is 3.16. The van der Waals surface area contributed by atoms with E-state index in [0.717, 1.165) is 12.1 Å². The van der Waals surface area contributed by atoms with Crippen LogP contribution >= 0.6 is 11.6 Å². The highest BCUT2D eigenvalue weighted by atomic mass is 35.5. The summed E-state index contributed by atoms with van der Waals surface area (Å²) in [5.41, 5.74) is -0.879. The van der Waals surface area contributed by atoms with Crippen molar-refractivity contribution in [2.45, 2.75) is 64.8 Å². The number of ether oxygens (including phenoxy) is 1. The molecule has 1 amide bonds. The van der Waals surface area contributed by atoms with Gasteiger partial charge in [-0.05, 0) is 87.6 Å². The van der Waals surface area contributed by atoms with Crippen LogP contribution in [-0.4, -0.2) is 45.3 Å². The highest BCUT2D eigenvalue weighted by molar-refractivity contribution is 6.29. The number of carbonyl (C=O) groups excluding carboxylic acids is 1. The Morgan fingerprint density at radius 3 is 2.37 bits per heavy atom. The highest BCUT2D eigenvalue weighted by Crippen LogP contribution is 2.30. The summed E-state index contributed by atoms with van der Waals surface area (Å²) in [6.45, 7) is 6.16. The molecule has 1 saturated carbocycles. The number of halogens is 4. The summed E-state index contributed by atoms with van der Waals surface area (Å²) in [5.74, 6) is 4.33. The lowest BCUT2D eigenvalue weighted by atomic mass is 9.82. The van der Waals surface area contributed by atoms with E-state index in [-0.39, 0.29) is 35.1 Å². The van der Waals surface area contributed by atoms with Gasteiger partial charge in [0.1, 0.15) is 17.0 Å². The second kappa shape index (κ2) is 12.2. The van der Waals surface area contributed by atoms with Gasteiger partial charge in [0.15, 0.2) is 0 Å². The minimum Gasteiger partial charge on any atom is -0.481 e. The van der Waals surface area contributed by atoms with Gasteiger partial charge in [0, 0.05) is 13.2 Å². The van der Waals surface area contributed by atoms with Crippen molar-refractivity contribution in [1.82, 2.24) is 14.9 Å². The van der Waals surface area contributed by atoms with Crippen molar-refractivity contribution < 1.29 is 32.6 Å². The van der Waals surface area contributed by atoms with Gasteiger partial charge in [-0.25, -0.2) is 4.98 Å². The van der Waals surface area contributed by atoms with E-state index in [4.69, 9.17) is 16.3 Å². The Bertz CT molecular complexity index is 1210. The number of aliphatic carboxylic acids is 1. The SMILES string of the molecule is CCOC(C)(C)C#Cc1nc(Cl)n(Cc2ccc(C(F)(F)F)cc2)c1C(=O)NCC1CCC(C(=O)O)CC1. The molecule has 11 heteroatoms. The zero-order valence-corrected chi connectivity index (χ0v) is 22.2. The lowest BCUT2D eigenvalue weighted by Gasteiger charge is -2.26. The van der Waals surface area contributed by atoms with Crippen LogP contribution in [0.5, 0.6) is 0 Å². The first-order valence-corrected chi connectivity index (χ1v) is 12.8. The first-order valence-electron chi connectivity index (χ1n) is 12.4. The number of hydrogen-bond donors (Lipinski definition) is 2. The Morgan fingerprint density at radius 2 is 1.82 bits per heavy atom. The topological polar surface area (TPSA) is 93.5 Å². The van der Waals surface area contributed by atoms with Crippen molar-refractivity contribution in [1.29, 1.82) is 0 Å². The van der Waals surface area contributed by atoms with E-state index in [1.165, 1.54) is 16.7 Å². The van der Waals surface area contributed by atoms with Crippen molar-refractivity contribution in [2.75, 3.05) is 13.2 Å². The maximum atomic E-state index is 13.4. The largest absolute Gasteiger partial charge is 0.481 e. The van der Waals surface area contributed by atoms with E-state index in [2.05, 4.69) is 22.1 Å².